The maximum absolute atomic E-state index is 13.7. The van der Waals surface area contributed by atoms with Gasteiger partial charge in [-0.15, -0.1) is 0 Å². The summed E-state index contributed by atoms with van der Waals surface area (Å²) in [7, 11) is -3.67. The summed E-state index contributed by atoms with van der Waals surface area (Å²) in [5.74, 6) is -0.569. The zero-order valence-corrected chi connectivity index (χ0v) is 12.4. The van der Waals surface area contributed by atoms with Gasteiger partial charge in [0.1, 0.15) is 5.82 Å². The smallest absolute Gasteiger partial charge is 0.243 e. The molecular weight excluding hydrogens is 281 g/mol. The lowest BCUT2D eigenvalue weighted by Gasteiger charge is -2.33. The summed E-state index contributed by atoms with van der Waals surface area (Å²) in [5, 5.41) is 0. The van der Waals surface area contributed by atoms with Gasteiger partial charge in [0.05, 0.1) is 4.90 Å². The molecule has 0 radical (unpaired) electrons. The molecule has 1 aliphatic rings. The van der Waals surface area contributed by atoms with Crippen molar-refractivity contribution in [1.29, 1.82) is 0 Å². The lowest BCUT2D eigenvalue weighted by molar-refractivity contribution is 0.196. The van der Waals surface area contributed by atoms with Crippen LogP contribution in [-0.4, -0.2) is 50.3 Å². The van der Waals surface area contributed by atoms with Crippen LogP contribution in [0.1, 0.15) is 12.5 Å². The molecule has 0 saturated carbocycles. The van der Waals surface area contributed by atoms with Crippen molar-refractivity contribution in [3.8, 4) is 0 Å². The number of rotatable bonds is 4. The van der Waals surface area contributed by atoms with Gasteiger partial charge < -0.3 is 10.6 Å². The Bertz CT molecular complexity index is 569. The fourth-order valence-corrected chi connectivity index (χ4v) is 4.07. The van der Waals surface area contributed by atoms with Crippen molar-refractivity contribution in [2.24, 2.45) is 5.73 Å². The van der Waals surface area contributed by atoms with Crippen LogP contribution >= 0.6 is 0 Å². The fraction of sp³-hybridized carbons (Fsp3) is 0.538. The first kappa shape index (κ1) is 15.4. The first-order chi connectivity index (χ1) is 9.50. The highest BCUT2D eigenvalue weighted by molar-refractivity contribution is 7.89. The Kier molecular flexibility index (Phi) is 4.74. The van der Waals surface area contributed by atoms with E-state index < -0.39 is 15.8 Å². The average molecular weight is 301 g/mol. The van der Waals surface area contributed by atoms with Crippen LogP contribution < -0.4 is 5.73 Å². The van der Waals surface area contributed by atoms with Gasteiger partial charge in [0, 0.05) is 38.3 Å². The Hall–Kier alpha value is -1.02. The zero-order chi connectivity index (χ0) is 14.8. The number of nitrogens with two attached hydrogens (primary N) is 1. The second-order valence-corrected chi connectivity index (χ2v) is 6.67. The fourth-order valence-electron chi connectivity index (χ4n) is 2.40. The number of likely N-dealkylation sites (N-methyl/N-ethyl adjacent to an activating group) is 1. The van der Waals surface area contributed by atoms with E-state index in [1.165, 1.54) is 22.5 Å². The van der Waals surface area contributed by atoms with Gasteiger partial charge in [-0.3, -0.25) is 0 Å². The molecule has 0 unspecified atom stereocenters. The van der Waals surface area contributed by atoms with Crippen LogP contribution in [0.2, 0.25) is 0 Å². The van der Waals surface area contributed by atoms with E-state index in [0.717, 1.165) is 6.54 Å². The summed E-state index contributed by atoms with van der Waals surface area (Å²) in [6.07, 6.45) is 0. The molecule has 2 N–H and O–H groups in total. The lowest BCUT2D eigenvalue weighted by Crippen LogP contribution is -2.48. The second kappa shape index (κ2) is 6.17. The third-order valence-electron chi connectivity index (χ3n) is 3.68. The number of sulfonamides is 1. The van der Waals surface area contributed by atoms with Gasteiger partial charge in [0.15, 0.2) is 0 Å². The van der Waals surface area contributed by atoms with Gasteiger partial charge in [-0.05, 0) is 18.7 Å². The maximum Gasteiger partial charge on any atom is 0.243 e. The molecule has 7 heteroatoms. The quantitative estimate of drug-likeness (QED) is 0.885. The molecule has 0 aliphatic carbocycles. The first-order valence-electron chi connectivity index (χ1n) is 6.70. The van der Waals surface area contributed by atoms with E-state index in [1.807, 2.05) is 6.92 Å². The lowest BCUT2D eigenvalue weighted by atomic mass is 10.2. The monoisotopic (exact) mass is 301 g/mol. The maximum atomic E-state index is 13.7. The Labute approximate surface area is 119 Å². The van der Waals surface area contributed by atoms with Crippen molar-refractivity contribution in [3.05, 3.63) is 29.6 Å². The van der Waals surface area contributed by atoms with E-state index in [0.29, 0.717) is 26.2 Å². The van der Waals surface area contributed by atoms with Crippen molar-refractivity contribution >= 4 is 10.0 Å². The van der Waals surface area contributed by atoms with Crippen molar-refractivity contribution in [2.45, 2.75) is 18.4 Å². The molecule has 0 bridgehead atoms. The molecule has 0 spiro atoms. The number of hydrogen-bond donors (Lipinski definition) is 1. The van der Waals surface area contributed by atoms with E-state index in [4.69, 9.17) is 5.73 Å². The van der Waals surface area contributed by atoms with Gasteiger partial charge in [0.2, 0.25) is 10.0 Å². The third kappa shape index (κ3) is 2.85. The summed E-state index contributed by atoms with van der Waals surface area (Å²) in [6.45, 7) is 5.07. The summed E-state index contributed by atoms with van der Waals surface area (Å²) < 4.78 is 40.3. The minimum absolute atomic E-state index is 0.00931. The Balaban J connectivity index is 2.30. The van der Waals surface area contributed by atoms with Crippen LogP contribution in [0.25, 0.3) is 0 Å². The van der Waals surface area contributed by atoms with Gasteiger partial charge in [-0.1, -0.05) is 13.0 Å². The van der Waals surface area contributed by atoms with Crippen molar-refractivity contribution in [2.75, 3.05) is 32.7 Å². The van der Waals surface area contributed by atoms with Crippen LogP contribution in [0.4, 0.5) is 4.39 Å². The van der Waals surface area contributed by atoms with Gasteiger partial charge in [-0.25, -0.2) is 12.8 Å². The van der Waals surface area contributed by atoms with Crippen molar-refractivity contribution < 1.29 is 12.8 Å². The largest absolute Gasteiger partial charge is 0.326 e. The Morgan fingerprint density at radius 3 is 2.45 bits per heavy atom. The van der Waals surface area contributed by atoms with Gasteiger partial charge in [-0.2, -0.15) is 4.31 Å². The number of nitrogens with zero attached hydrogens (tertiary/aromatic N) is 2. The molecule has 0 atom stereocenters. The third-order valence-corrected chi connectivity index (χ3v) is 5.66. The van der Waals surface area contributed by atoms with E-state index in [1.54, 1.807) is 0 Å². The molecule has 1 saturated heterocycles. The molecular formula is C13H20FN3O2S. The van der Waals surface area contributed by atoms with E-state index >= 15 is 0 Å². The van der Waals surface area contributed by atoms with Crippen LogP contribution in [0, 0.1) is 5.82 Å². The molecule has 20 heavy (non-hydrogen) atoms. The SMILES string of the molecule is CCN1CCN(S(=O)(=O)c2cccc(F)c2CN)CC1. The summed E-state index contributed by atoms with van der Waals surface area (Å²) >= 11 is 0. The summed E-state index contributed by atoms with van der Waals surface area (Å²) in [6, 6.07) is 4.06. The van der Waals surface area contributed by atoms with E-state index in [9.17, 15) is 12.8 Å². The molecule has 112 valence electrons. The second-order valence-electron chi connectivity index (χ2n) is 4.76. The predicted molar refractivity (Wildman–Crippen MR) is 75.2 cm³/mol. The Morgan fingerprint density at radius 1 is 1.25 bits per heavy atom. The number of halogens is 1. The van der Waals surface area contributed by atoms with Crippen LogP contribution in [0.3, 0.4) is 0 Å². The Morgan fingerprint density at radius 2 is 1.90 bits per heavy atom. The topological polar surface area (TPSA) is 66.6 Å². The summed E-state index contributed by atoms with van der Waals surface area (Å²) in [5.41, 5.74) is 5.55. The van der Waals surface area contributed by atoms with Crippen LogP contribution in [0.15, 0.2) is 23.1 Å². The summed E-state index contributed by atoms with van der Waals surface area (Å²) in [4.78, 5) is 2.17. The molecule has 5 nitrogen and oxygen atoms in total. The molecule has 0 amide bonds. The standard InChI is InChI=1S/C13H20FN3O2S/c1-2-16-6-8-17(9-7-16)20(18,19)13-5-3-4-12(14)11(13)10-15/h3-5H,2,6-10,15H2,1H3. The molecule has 1 aromatic carbocycles. The molecule has 1 heterocycles. The van der Waals surface area contributed by atoms with E-state index in [-0.39, 0.29) is 17.0 Å². The number of piperazine rings is 1. The molecule has 1 aromatic rings. The number of benzene rings is 1. The average Bonchev–Trinajstić information content (AvgIpc) is 2.47. The minimum Gasteiger partial charge on any atom is -0.326 e. The minimum atomic E-state index is -3.67. The van der Waals surface area contributed by atoms with Crippen molar-refractivity contribution in [1.82, 2.24) is 9.21 Å². The molecule has 0 aromatic heterocycles. The van der Waals surface area contributed by atoms with Crippen LogP contribution in [0.5, 0.6) is 0 Å². The van der Waals surface area contributed by atoms with E-state index in [2.05, 4.69) is 4.90 Å². The van der Waals surface area contributed by atoms with Crippen molar-refractivity contribution in [3.63, 3.8) is 0 Å². The zero-order valence-electron chi connectivity index (χ0n) is 11.5. The highest BCUT2D eigenvalue weighted by atomic mass is 32.2. The first-order valence-corrected chi connectivity index (χ1v) is 8.14. The van der Waals surface area contributed by atoms with Gasteiger partial charge in [0.25, 0.3) is 0 Å². The predicted octanol–water partition coefficient (Wildman–Crippen LogP) is 0.611. The molecule has 2 rings (SSSR count). The molecule has 1 aliphatic heterocycles. The normalized spacial score (nSPS) is 18.4. The van der Waals surface area contributed by atoms with Crippen LogP contribution in [-0.2, 0) is 16.6 Å². The van der Waals surface area contributed by atoms with Gasteiger partial charge >= 0.3 is 0 Å². The highest BCUT2D eigenvalue weighted by Crippen LogP contribution is 2.23. The number of hydrogen-bond acceptors (Lipinski definition) is 4. The molecule has 1 fully saturated rings. The highest BCUT2D eigenvalue weighted by Gasteiger charge is 2.30.